The molecule has 0 saturated carbocycles. The molecule has 0 spiro atoms. The van der Waals surface area contributed by atoms with Crippen LogP contribution in [0.1, 0.15) is 37.0 Å². The number of methoxy groups -OCH3 is 1. The van der Waals surface area contributed by atoms with E-state index in [0.29, 0.717) is 23.6 Å². The fraction of sp³-hybridized carbons (Fsp3) is 0.474. The summed E-state index contributed by atoms with van der Waals surface area (Å²) in [5, 5.41) is 0.535. The number of benzene rings is 1. The van der Waals surface area contributed by atoms with Crippen molar-refractivity contribution in [2.75, 3.05) is 20.2 Å². The van der Waals surface area contributed by atoms with Crippen molar-refractivity contribution in [3.05, 3.63) is 40.2 Å². The Hall–Kier alpha value is -2.30. The second-order valence-electron chi connectivity index (χ2n) is 6.52. The first-order valence-corrected chi connectivity index (χ1v) is 8.55. The van der Waals surface area contributed by atoms with Crippen molar-refractivity contribution in [3.63, 3.8) is 0 Å². The van der Waals surface area contributed by atoms with Gasteiger partial charge in [0.2, 0.25) is 5.43 Å². The second-order valence-corrected chi connectivity index (χ2v) is 6.52. The number of aromatic nitrogens is 1. The lowest BCUT2D eigenvalue weighted by molar-refractivity contribution is 0.0695. The number of ether oxygens (including phenoxy) is 1. The summed E-state index contributed by atoms with van der Waals surface area (Å²) in [7, 11) is 1.57. The van der Waals surface area contributed by atoms with Crippen molar-refractivity contribution in [2.45, 2.75) is 33.2 Å². The minimum Gasteiger partial charge on any atom is -0.497 e. The van der Waals surface area contributed by atoms with Gasteiger partial charge < -0.3 is 14.2 Å². The van der Waals surface area contributed by atoms with Crippen LogP contribution in [-0.4, -0.2) is 35.6 Å². The highest BCUT2D eigenvalue weighted by molar-refractivity contribution is 5.97. The topological polar surface area (TPSA) is 51.5 Å². The molecule has 1 aromatic carbocycles. The van der Waals surface area contributed by atoms with Crippen LogP contribution in [0, 0.1) is 5.92 Å². The zero-order chi connectivity index (χ0) is 17.3. The second kappa shape index (κ2) is 6.67. The van der Waals surface area contributed by atoms with Crippen molar-refractivity contribution in [1.82, 2.24) is 9.47 Å². The van der Waals surface area contributed by atoms with Crippen molar-refractivity contribution in [1.29, 1.82) is 0 Å². The third kappa shape index (κ3) is 2.90. The molecule has 1 saturated heterocycles. The predicted octanol–water partition coefficient (Wildman–Crippen LogP) is 2.90. The lowest BCUT2D eigenvalue weighted by Gasteiger charge is -2.30. The maximum absolute atomic E-state index is 12.9. The number of pyridine rings is 1. The van der Waals surface area contributed by atoms with E-state index in [9.17, 15) is 9.59 Å². The van der Waals surface area contributed by atoms with Gasteiger partial charge in [-0.3, -0.25) is 9.59 Å². The molecule has 2 heterocycles. The monoisotopic (exact) mass is 328 g/mol. The van der Waals surface area contributed by atoms with E-state index in [2.05, 4.69) is 6.92 Å². The van der Waals surface area contributed by atoms with Gasteiger partial charge in [-0.15, -0.1) is 0 Å². The molecule has 3 rings (SSSR count). The van der Waals surface area contributed by atoms with Crippen LogP contribution < -0.4 is 10.2 Å². The van der Waals surface area contributed by atoms with Gasteiger partial charge in [-0.1, -0.05) is 6.92 Å². The Balaban J connectivity index is 2.09. The Bertz CT molecular complexity index is 817. The van der Waals surface area contributed by atoms with Crippen LogP contribution in [0.4, 0.5) is 0 Å². The highest BCUT2D eigenvalue weighted by Crippen LogP contribution is 2.21. The van der Waals surface area contributed by atoms with E-state index in [0.717, 1.165) is 31.4 Å². The average molecular weight is 328 g/mol. The molecule has 0 radical (unpaired) electrons. The first-order valence-electron chi connectivity index (χ1n) is 8.55. The van der Waals surface area contributed by atoms with Crippen molar-refractivity contribution >= 4 is 16.8 Å². The van der Waals surface area contributed by atoms with Crippen LogP contribution in [0.15, 0.2) is 29.2 Å². The normalized spacial score (nSPS) is 15.7. The predicted molar refractivity (Wildman–Crippen MR) is 94.7 cm³/mol. The molecule has 1 fully saturated rings. The van der Waals surface area contributed by atoms with E-state index in [4.69, 9.17) is 4.74 Å². The van der Waals surface area contributed by atoms with Gasteiger partial charge in [-0.05, 0) is 43.9 Å². The molecule has 1 aliphatic heterocycles. The van der Waals surface area contributed by atoms with Gasteiger partial charge in [0.25, 0.3) is 5.91 Å². The van der Waals surface area contributed by atoms with E-state index in [1.54, 1.807) is 19.4 Å². The first-order chi connectivity index (χ1) is 11.5. The molecule has 0 aliphatic carbocycles. The Labute approximate surface area is 141 Å². The summed E-state index contributed by atoms with van der Waals surface area (Å²) >= 11 is 0. The lowest BCUT2D eigenvalue weighted by Crippen LogP contribution is -2.40. The van der Waals surface area contributed by atoms with Crippen molar-refractivity contribution in [2.24, 2.45) is 5.92 Å². The number of hydrogen-bond donors (Lipinski definition) is 0. The molecule has 5 heteroatoms. The summed E-state index contributed by atoms with van der Waals surface area (Å²) in [6.45, 7) is 6.35. The van der Waals surface area contributed by atoms with E-state index in [1.165, 1.54) is 0 Å². The third-order valence-electron chi connectivity index (χ3n) is 4.93. The molecule has 5 nitrogen and oxygen atoms in total. The van der Waals surface area contributed by atoms with E-state index in [1.807, 2.05) is 28.5 Å². The zero-order valence-corrected chi connectivity index (χ0v) is 14.5. The zero-order valence-electron chi connectivity index (χ0n) is 14.5. The van der Waals surface area contributed by atoms with E-state index in [-0.39, 0.29) is 16.9 Å². The molecule has 1 aliphatic rings. The summed E-state index contributed by atoms with van der Waals surface area (Å²) in [5.74, 6) is 1.11. The lowest BCUT2D eigenvalue weighted by atomic mass is 9.98. The molecule has 128 valence electrons. The molecule has 24 heavy (non-hydrogen) atoms. The fourth-order valence-corrected chi connectivity index (χ4v) is 3.30. The maximum atomic E-state index is 12.9. The van der Waals surface area contributed by atoms with E-state index < -0.39 is 0 Å². The molecule has 1 amide bonds. The fourth-order valence-electron chi connectivity index (χ4n) is 3.30. The number of carbonyl (C=O) groups is 1. The molecular weight excluding hydrogens is 304 g/mol. The molecule has 0 unspecified atom stereocenters. The number of nitrogens with zero attached hydrogens (tertiary/aromatic N) is 2. The number of likely N-dealkylation sites (tertiary alicyclic amines) is 1. The third-order valence-corrected chi connectivity index (χ3v) is 4.93. The van der Waals surface area contributed by atoms with Crippen LogP contribution in [0.2, 0.25) is 0 Å². The molecule has 0 N–H and O–H groups in total. The number of piperidine rings is 1. The van der Waals surface area contributed by atoms with Gasteiger partial charge in [-0.2, -0.15) is 0 Å². The van der Waals surface area contributed by atoms with Gasteiger partial charge in [0.15, 0.2) is 0 Å². The van der Waals surface area contributed by atoms with Crippen LogP contribution in [0.3, 0.4) is 0 Å². The summed E-state index contributed by atoms with van der Waals surface area (Å²) < 4.78 is 7.19. The highest BCUT2D eigenvalue weighted by atomic mass is 16.5. The van der Waals surface area contributed by atoms with Crippen LogP contribution in [0.5, 0.6) is 5.75 Å². The number of amides is 1. The molecule has 0 bridgehead atoms. The molecular formula is C19H24N2O3. The first kappa shape index (κ1) is 16.6. The van der Waals surface area contributed by atoms with Crippen molar-refractivity contribution < 1.29 is 9.53 Å². The number of aryl methyl sites for hydroxylation is 1. The summed E-state index contributed by atoms with van der Waals surface area (Å²) in [6, 6.07) is 5.43. The van der Waals surface area contributed by atoms with Crippen molar-refractivity contribution in [3.8, 4) is 5.75 Å². The Morgan fingerprint density at radius 2 is 2.00 bits per heavy atom. The Kier molecular flexibility index (Phi) is 4.60. The number of hydrogen-bond acceptors (Lipinski definition) is 3. The van der Waals surface area contributed by atoms with Crippen LogP contribution >= 0.6 is 0 Å². The van der Waals surface area contributed by atoms with Crippen LogP contribution in [-0.2, 0) is 6.54 Å². The van der Waals surface area contributed by atoms with E-state index >= 15 is 0 Å². The van der Waals surface area contributed by atoms with Gasteiger partial charge in [0, 0.05) is 25.8 Å². The maximum Gasteiger partial charge on any atom is 0.259 e. The summed E-state index contributed by atoms with van der Waals surface area (Å²) in [6.07, 6.45) is 3.70. The minimum atomic E-state index is -0.211. The Morgan fingerprint density at radius 1 is 1.29 bits per heavy atom. The summed E-state index contributed by atoms with van der Waals surface area (Å²) in [4.78, 5) is 27.6. The van der Waals surface area contributed by atoms with Gasteiger partial charge in [0.1, 0.15) is 11.3 Å². The molecule has 2 aromatic rings. The quantitative estimate of drug-likeness (QED) is 0.870. The van der Waals surface area contributed by atoms with Gasteiger partial charge >= 0.3 is 0 Å². The van der Waals surface area contributed by atoms with Gasteiger partial charge in [-0.25, -0.2) is 0 Å². The summed E-state index contributed by atoms with van der Waals surface area (Å²) in [5.41, 5.74) is 0.872. The minimum absolute atomic E-state index is 0.154. The van der Waals surface area contributed by atoms with Crippen LogP contribution in [0.25, 0.3) is 10.9 Å². The molecule has 0 atom stereocenters. The van der Waals surface area contributed by atoms with Gasteiger partial charge in [0.05, 0.1) is 18.0 Å². The highest BCUT2D eigenvalue weighted by Gasteiger charge is 2.24. The smallest absolute Gasteiger partial charge is 0.259 e. The number of carbonyl (C=O) groups excluding carboxylic acids is 1. The number of rotatable bonds is 3. The molecule has 1 aromatic heterocycles. The SMILES string of the molecule is CCn1cc(C(=O)N2CCC(C)CC2)c(=O)c2cc(OC)ccc21. The average Bonchev–Trinajstić information content (AvgIpc) is 2.62. The standard InChI is InChI=1S/C19H24N2O3/c1-4-20-12-16(19(23)21-9-7-13(2)8-10-21)18(22)15-11-14(24-3)5-6-17(15)20/h5-6,11-13H,4,7-10H2,1-3H3. The Morgan fingerprint density at radius 3 is 2.62 bits per heavy atom. The largest absolute Gasteiger partial charge is 0.497 e. The number of fused-ring (bicyclic) bond motifs is 1.